The molecule has 0 radical (unpaired) electrons. The highest BCUT2D eigenvalue weighted by molar-refractivity contribution is 6.30. The number of nitrogens with two attached hydrogens (primary N) is 1. The molecule has 0 aliphatic carbocycles. The van der Waals surface area contributed by atoms with Crippen LogP contribution in [-0.2, 0) is 0 Å². The lowest BCUT2D eigenvalue weighted by molar-refractivity contribution is 1.29. The largest absolute Gasteiger partial charge is 0.398 e. The summed E-state index contributed by atoms with van der Waals surface area (Å²) in [6.07, 6.45) is 1.70. The van der Waals surface area contributed by atoms with Crippen molar-refractivity contribution >= 4 is 28.3 Å². The summed E-state index contributed by atoms with van der Waals surface area (Å²) in [6, 6.07) is 13.1. The maximum Gasteiger partial charge on any atom is 0.161 e. The van der Waals surface area contributed by atoms with Crippen LogP contribution >= 0.6 is 11.6 Å². The second-order valence-electron chi connectivity index (χ2n) is 3.98. The fourth-order valence-corrected chi connectivity index (χ4v) is 2.07. The molecule has 1 aromatic carbocycles. The summed E-state index contributed by atoms with van der Waals surface area (Å²) in [5.74, 6) is 0. The molecule has 0 atom stereocenters. The standard InChI is InChI=1S/C14H10ClN3/c15-10-4-1-3-9(7-10)13-8-12(16)11-5-2-6-17-14(11)18-13/h1-8H,(H2,16,17,18). The molecular weight excluding hydrogens is 246 g/mol. The second-order valence-corrected chi connectivity index (χ2v) is 4.42. The van der Waals surface area contributed by atoms with Crippen molar-refractivity contribution in [2.75, 3.05) is 5.73 Å². The molecule has 2 heterocycles. The third kappa shape index (κ3) is 1.89. The fraction of sp³-hybridized carbons (Fsp3) is 0. The number of hydrogen-bond acceptors (Lipinski definition) is 3. The highest BCUT2D eigenvalue weighted by atomic mass is 35.5. The Morgan fingerprint density at radius 1 is 1.06 bits per heavy atom. The summed E-state index contributed by atoms with van der Waals surface area (Å²) in [6.45, 7) is 0. The first kappa shape index (κ1) is 11.0. The van der Waals surface area contributed by atoms with E-state index in [1.165, 1.54) is 0 Å². The highest BCUT2D eigenvalue weighted by Gasteiger charge is 2.06. The lowest BCUT2D eigenvalue weighted by atomic mass is 10.1. The van der Waals surface area contributed by atoms with Gasteiger partial charge in [0.25, 0.3) is 0 Å². The molecule has 0 spiro atoms. The number of anilines is 1. The molecule has 0 unspecified atom stereocenters. The number of benzene rings is 1. The molecule has 0 saturated carbocycles. The van der Waals surface area contributed by atoms with Crippen LogP contribution in [0.1, 0.15) is 0 Å². The van der Waals surface area contributed by atoms with Crippen LogP contribution in [0.5, 0.6) is 0 Å². The average molecular weight is 256 g/mol. The normalized spacial score (nSPS) is 10.7. The minimum absolute atomic E-state index is 0.646. The van der Waals surface area contributed by atoms with E-state index in [0.717, 1.165) is 16.6 Å². The van der Waals surface area contributed by atoms with E-state index < -0.39 is 0 Å². The van der Waals surface area contributed by atoms with Gasteiger partial charge in [0.1, 0.15) is 0 Å². The van der Waals surface area contributed by atoms with Crippen LogP contribution in [-0.4, -0.2) is 9.97 Å². The maximum atomic E-state index is 6.02. The van der Waals surface area contributed by atoms with Gasteiger partial charge in [0, 0.05) is 27.9 Å². The first-order valence-electron chi connectivity index (χ1n) is 5.51. The van der Waals surface area contributed by atoms with Crippen molar-refractivity contribution in [1.82, 2.24) is 9.97 Å². The van der Waals surface area contributed by atoms with Gasteiger partial charge in [-0.2, -0.15) is 0 Å². The maximum absolute atomic E-state index is 6.02. The van der Waals surface area contributed by atoms with Crippen molar-refractivity contribution in [3.8, 4) is 11.3 Å². The summed E-state index contributed by atoms with van der Waals surface area (Å²) in [4.78, 5) is 8.72. The predicted octanol–water partition coefficient (Wildman–Crippen LogP) is 3.53. The van der Waals surface area contributed by atoms with Crippen molar-refractivity contribution in [1.29, 1.82) is 0 Å². The molecule has 0 aliphatic rings. The van der Waals surface area contributed by atoms with E-state index in [0.29, 0.717) is 16.4 Å². The zero-order valence-corrected chi connectivity index (χ0v) is 10.2. The van der Waals surface area contributed by atoms with E-state index in [9.17, 15) is 0 Å². The summed E-state index contributed by atoms with van der Waals surface area (Å²) >= 11 is 5.98. The first-order chi connectivity index (χ1) is 8.74. The third-order valence-electron chi connectivity index (χ3n) is 2.74. The SMILES string of the molecule is Nc1cc(-c2cccc(Cl)c2)nc2ncccc12. The lowest BCUT2D eigenvalue weighted by Crippen LogP contribution is -1.94. The lowest BCUT2D eigenvalue weighted by Gasteiger charge is -2.06. The molecule has 88 valence electrons. The Kier molecular flexibility index (Phi) is 2.61. The molecule has 3 nitrogen and oxygen atoms in total. The van der Waals surface area contributed by atoms with Gasteiger partial charge in [-0.25, -0.2) is 9.97 Å². The van der Waals surface area contributed by atoms with Gasteiger partial charge in [-0.05, 0) is 30.3 Å². The minimum atomic E-state index is 0.646. The first-order valence-corrected chi connectivity index (χ1v) is 5.89. The summed E-state index contributed by atoms with van der Waals surface area (Å²) in [5.41, 5.74) is 9.05. The van der Waals surface area contributed by atoms with Gasteiger partial charge in [-0.15, -0.1) is 0 Å². The molecule has 0 amide bonds. The Balaban J connectivity index is 2.24. The van der Waals surface area contributed by atoms with Crippen molar-refractivity contribution in [2.24, 2.45) is 0 Å². The smallest absolute Gasteiger partial charge is 0.161 e. The van der Waals surface area contributed by atoms with E-state index in [4.69, 9.17) is 17.3 Å². The molecule has 0 fully saturated rings. The molecular formula is C14H10ClN3. The summed E-state index contributed by atoms with van der Waals surface area (Å²) in [5, 5.41) is 1.54. The fourth-order valence-electron chi connectivity index (χ4n) is 1.88. The van der Waals surface area contributed by atoms with E-state index in [1.807, 2.05) is 42.5 Å². The Morgan fingerprint density at radius 3 is 2.78 bits per heavy atom. The zero-order valence-electron chi connectivity index (χ0n) is 9.47. The van der Waals surface area contributed by atoms with Gasteiger partial charge in [0.15, 0.2) is 5.65 Å². The van der Waals surface area contributed by atoms with E-state index in [1.54, 1.807) is 6.20 Å². The number of fused-ring (bicyclic) bond motifs is 1. The number of hydrogen-bond donors (Lipinski definition) is 1. The minimum Gasteiger partial charge on any atom is -0.398 e. The number of nitrogen functional groups attached to an aromatic ring is 1. The van der Waals surface area contributed by atoms with Crippen molar-refractivity contribution in [2.45, 2.75) is 0 Å². The number of pyridine rings is 2. The van der Waals surface area contributed by atoms with Crippen LogP contribution in [0.15, 0.2) is 48.7 Å². The van der Waals surface area contributed by atoms with E-state index >= 15 is 0 Å². The second kappa shape index (κ2) is 4.27. The van der Waals surface area contributed by atoms with Crippen molar-refractivity contribution < 1.29 is 0 Å². The molecule has 0 saturated heterocycles. The zero-order chi connectivity index (χ0) is 12.5. The third-order valence-corrected chi connectivity index (χ3v) is 2.97. The van der Waals surface area contributed by atoms with E-state index in [2.05, 4.69) is 9.97 Å². The van der Waals surface area contributed by atoms with Gasteiger partial charge in [0.05, 0.1) is 5.69 Å². The molecule has 3 rings (SSSR count). The van der Waals surface area contributed by atoms with Crippen molar-refractivity contribution in [3.05, 3.63) is 53.7 Å². The Bertz CT molecular complexity index is 725. The Hall–Kier alpha value is -2.13. The molecule has 4 heteroatoms. The molecule has 0 aliphatic heterocycles. The van der Waals surface area contributed by atoms with E-state index in [-0.39, 0.29) is 0 Å². The molecule has 2 N–H and O–H groups in total. The molecule has 2 aromatic heterocycles. The average Bonchev–Trinajstić information content (AvgIpc) is 2.39. The van der Waals surface area contributed by atoms with Crippen LogP contribution < -0.4 is 5.73 Å². The Labute approximate surface area is 109 Å². The predicted molar refractivity (Wildman–Crippen MR) is 74.4 cm³/mol. The number of aromatic nitrogens is 2. The quantitative estimate of drug-likeness (QED) is 0.724. The Morgan fingerprint density at radius 2 is 1.94 bits per heavy atom. The van der Waals surface area contributed by atoms with Crippen LogP contribution in [0, 0.1) is 0 Å². The van der Waals surface area contributed by atoms with Crippen LogP contribution in [0.3, 0.4) is 0 Å². The van der Waals surface area contributed by atoms with Gasteiger partial charge >= 0.3 is 0 Å². The monoisotopic (exact) mass is 255 g/mol. The number of rotatable bonds is 1. The summed E-state index contributed by atoms with van der Waals surface area (Å²) < 4.78 is 0. The van der Waals surface area contributed by atoms with Crippen LogP contribution in [0.2, 0.25) is 5.02 Å². The van der Waals surface area contributed by atoms with Crippen LogP contribution in [0.25, 0.3) is 22.3 Å². The van der Waals surface area contributed by atoms with Crippen LogP contribution in [0.4, 0.5) is 5.69 Å². The number of nitrogens with zero attached hydrogens (tertiary/aromatic N) is 2. The van der Waals surface area contributed by atoms with Crippen molar-refractivity contribution in [3.63, 3.8) is 0 Å². The molecule has 3 aromatic rings. The summed E-state index contributed by atoms with van der Waals surface area (Å²) in [7, 11) is 0. The highest BCUT2D eigenvalue weighted by Crippen LogP contribution is 2.26. The van der Waals surface area contributed by atoms with Gasteiger partial charge in [-0.3, -0.25) is 0 Å². The topological polar surface area (TPSA) is 51.8 Å². The molecule has 18 heavy (non-hydrogen) atoms. The molecule has 0 bridgehead atoms. The van der Waals surface area contributed by atoms with Gasteiger partial charge < -0.3 is 5.73 Å². The van der Waals surface area contributed by atoms with Gasteiger partial charge in [-0.1, -0.05) is 23.7 Å². The van der Waals surface area contributed by atoms with Gasteiger partial charge in [0.2, 0.25) is 0 Å². The number of halogens is 1.